The van der Waals surface area contributed by atoms with Gasteiger partial charge in [-0.1, -0.05) is 19.9 Å². The summed E-state index contributed by atoms with van der Waals surface area (Å²) >= 11 is 0. The van der Waals surface area contributed by atoms with E-state index in [1.165, 1.54) is 24.0 Å². The van der Waals surface area contributed by atoms with Gasteiger partial charge in [-0.25, -0.2) is 0 Å². The highest BCUT2D eigenvalue weighted by molar-refractivity contribution is 5.43. The van der Waals surface area contributed by atoms with Crippen molar-refractivity contribution in [2.75, 3.05) is 6.54 Å². The molecule has 0 bridgehead atoms. The third-order valence-electron chi connectivity index (χ3n) is 3.96. The molecule has 0 spiro atoms. The largest absolute Gasteiger partial charge is 0.508 e. The zero-order valence-corrected chi connectivity index (χ0v) is 9.96. The Morgan fingerprint density at radius 2 is 2.06 bits per heavy atom. The van der Waals surface area contributed by atoms with E-state index in [2.05, 4.69) is 25.2 Å². The molecule has 1 aromatic rings. The maximum absolute atomic E-state index is 9.64. The van der Waals surface area contributed by atoms with Crippen molar-refractivity contribution in [3.05, 3.63) is 29.3 Å². The Bertz CT molecular complexity index is 421. The molecule has 1 unspecified atom stereocenters. The highest BCUT2D eigenvalue weighted by Crippen LogP contribution is 2.46. The van der Waals surface area contributed by atoms with Crippen LogP contribution in [0.1, 0.15) is 43.9 Å². The summed E-state index contributed by atoms with van der Waals surface area (Å²) in [5.41, 5.74) is 2.85. The summed E-state index contributed by atoms with van der Waals surface area (Å²) in [5, 5.41) is 13.3. The topological polar surface area (TPSA) is 32.3 Å². The molecule has 0 amide bonds. The minimum absolute atomic E-state index is 0.124. The monoisotopic (exact) mass is 217 g/mol. The third-order valence-corrected chi connectivity index (χ3v) is 3.96. The van der Waals surface area contributed by atoms with E-state index in [1.807, 2.05) is 12.1 Å². The number of aromatic hydroxyl groups is 1. The van der Waals surface area contributed by atoms with Gasteiger partial charge in [0.2, 0.25) is 0 Å². The van der Waals surface area contributed by atoms with Crippen LogP contribution in [0.4, 0.5) is 0 Å². The number of hydrogen-bond donors (Lipinski definition) is 2. The van der Waals surface area contributed by atoms with E-state index in [9.17, 15) is 5.11 Å². The van der Waals surface area contributed by atoms with Crippen LogP contribution in [-0.4, -0.2) is 11.7 Å². The van der Waals surface area contributed by atoms with Crippen molar-refractivity contribution in [3.8, 4) is 5.75 Å². The predicted molar refractivity (Wildman–Crippen MR) is 64.6 cm³/mol. The lowest BCUT2D eigenvalue weighted by atomic mass is 9.76. The van der Waals surface area contributed by atoms with Crippen LogP contribution in [0.5, 0.6) is 5.75 Å². The summed E-state index contributed by atoms with van der Waals surface area (Å²) < 4.78 is 0. The van der Waals surface area contributed by atoms with Gasteiger partial charge < -0.3 is 10.4 Å². The second kappa shape index (κ2) is 3.24. The Kier molecular flexibility index (Phi) is 2.05. The Morgan fingerprint density at radius 1 is 1.31 bits per heavy atom. The normalized spacial score (nSPS) is 27.5. The summed E-state index contributed by atoms with van der Waals surface area (Å²) in [7, 11) is 0. The molecule has 0 saturated heterocycles. The van der Waals surface area contributed by atoms with Crippen LogP contribution in [0.3, 0.4) is 0 Å². The first kappa shape index (κ1) is 10.2. The maximum Gasteiger partial charge on any atom is 0.115 e. The first-order valence-corrected chi connectivity index (χ1v) is 6.15. The van der Waals surface area contributed by atoms with Gasteiger partial charge in [-0.3, -0.25) is 0 Å². The number of phenols is 1. The van der Waals surface area contributed by atoms with Gasteiger partial charge in [0.25, 0.3) is 0 Å². The Hall–Kier alpha value is -1.02. The van der Waals surface area contributed by atoms with E-state index in [0.717, 1.165) is 12.5 Å². The number of hydrogen-bond acceptors (Lipinski definition) is 2. The number of phenolic OH excluding ortho intramolecular Hbond substituents is 1. The molecule has 1 fully saturated rings. The minimum Gasteiger partial charge on any atom is -0.508 e. The van der Waals surface area contributed by atoms with Gasteiger partial charge in [0.1, 0.15) is 5.75 Å². The van der Waals surface area contributed by atoms with Crippen LogP contribution in [0.2, 0.25) is 0 Å². The van der Waals surface area contributed by atoms with Crippen LogP contribution in [-0.2, 0) is 5.41 Å². The zero-order valence-electron chi connectivity index (χ0n) is 9.96. The van der Waals surface area contributed by atoms with E-state index >= 15 is 0 Å². The first-order valence-electron chi connectivity index (χ1n) is 6.15. The fourth-order valence-corrected chi connectivity index (χ4v) is 2.82. The van der Waals surface area contributed by atoms with Gasteiger partial charge in [-0.15, -0.1) is 0 Å². The van der Waals surface area contributed by atoms with Crippen LogP contribution in [0.25, 0.3) is 0 Å². The third kappa shape index (κ3) is 1.52. The van der Waals surface area contributed by atoms with Gasteiger partial charge in [-0.2, -0.15) is 0 Å². The molecule has 0 aromatic heterocycles. The Labute approximate surface area is 96.7 Å². The minimum atomic E-state index is 0.124. The summed E-state index contributed by atoms with van der Waals surface area (Å²) in [4.78, 5) is 0. The lowest BCUT2D eigenvalue weighted by molar-refractivity contribution is 0.356. The molecule has 2 heteroatoms. The molecule has 2 aliphatic rings. The van der Waals surface area contributed by atoms with Gasteiger partial charge in [0, 0.05) is 18.0 Å². The number of nitrogens with one attached hydrogen (secondary N) is 1. The van der Waals surface area contributed by atoms with Crippen molar-refractivity contribution in [2.24, 2.45) is 5.92 Å². The van der Waals surface area contributed by atoms with Gasteiger partial charge in [0.05, 0.1) is 0 Å². The highest BCUT2D eigenvalue weighted by Gasteiger charge is 2.39. The SMILES string of the molecule is CC1(C)CNC(C2CC2)c2ccc(O)cc21. The summed E-state index contributed by atoms with van der Waals surface area (Å²) in [5.74, 6) is 1.21. The highest BCUT2D eigenvalue weighted by atomic mass is 16.3. The smallest absolute Gasteiger partial charge is 0.115 e. The summed E-state index contributed by atoms with van der Waals surface area (Å²) in [6.45, 7) is 5.48. The average molecular weight is 217 g/mol. The molecule has 1 aromatic carbocycles. The maximum atomic E-state index is 9.64. The molecule has 2 nitrogen and oxygen atoms in total. The van der Waals surface area contributed by atoms with E-state index in [0.29, 0.717) is 11.8 Å². The van der Waals surface area contributed by atoms with Crippen molar-refractivity contribution < 1.29 is 5.11 Å². The molecule has 1 saturated carbocycles. The van der Waals surface area contributed by atoms with E-state index in [4.69, 9.17) is 0 Å². The molecule has 16 heavy (non-hydrogen) atoms. The molecule has 2 N–H and O–H groups in total. The van der Waals surface area contributed by atoms with Gasteiger partial charge >= 0.3 is 0 Å². The van der Waals surface area contributed by atoms with Crippen LogP contribution in [0.15, 0.2) is 18.2 Å². The molecule has 1 aliphatic carbocycles. The average Bonchev–Trinajstić information content (AvgIpc) is 3.03. The van der Waals surface area contributed by atoms with Gasteiger partial charge in [0.15, 0.2) is 0 Å². The zero-order chi connectivity index (χ0) is 11.3. The predicted octanol–water partition coefficient (Wildman–Crippen LogP) is 2.72. The second-order valence-electron chi connectivity index (χ2n) is 5.85. The first-order chi connectivity index (χ1) is 7.58. The van der Waals surface area contributed by atoms with Crippen LogP contribution in [0, 0.1) is 5.92 Å². The molecule has 3 rings (SSSR count). The summed E-state index contributed by atoms with van der Waals surface area (Å²) in [6, 6.07) is 6.38. The standard InChI is InChI=1S/C14H19NO/c1-14(2)8-15-13(9-3-4-9)11-6-5-10(16)7-12(11)14/h5-7,9,13,15-16H,3-4,8H2,1-2H3. The molecule has 1 atom stereocenters. The summed E-state index contributed by atoms with van der Waals surface area (Å²) in [6.07, 6.45) is 2.69. The van der Waals surface area contributed by atoms with Crippen molar-refractivity contribution in [3.63, 3.8) is 0 Å². The molecular formula is C14H19NO. The lowest BCUT2D eigenvalue weighted by Gasteiger charge is -2.38. The van der Waals surface area contributed by atoms with E-state index < -0.39 is 0 Å². The molecule has 1 aliphatic heterocycles. The van der Waals surface area contributed by atoms with E-state index in [-0.39, 0.29) is 5.41 Å². The van der Waals surface area contributed by atoms with Crippen LogP contribution < -0.4 is 5.32 Å². The van der Waals surface area contributed by atoms with Crippen LogP contribution >= 0.6 is 0 Å². The number of benzene rings is 1. The quantitative estimate of drug-likeness (QED) is 0.758. The van der Waals surface area contributed by atoms with Crippen molar-refractivity contribution >= 4 is 0 Å². The fraction of sp³-hybridized carbons (Fsp3) is 0.571. The van der Waals surface area contributed by atoms with E-state index in [1.54, 1.807) is 0 Å². The Morgan fingerprint density at radius 3 is 2.75 bits per heavy atom. The molecule has 1 heterocycles. The molecular weight excluding hydrogens is 198 g/mol. The number of rotatable bonds is 1. The van der Waals surface area contributed by atoms with Crippen molar-refractivity contribution in [2.45, 2.75) is 38.1 Å². The number of fused-ring (bicyclic) bond motifs is 1. The Balaban J connectivity index is 2.09. The second-order valence-corrected chi connectivity index (χ2v) is 5.85. The van der Waals surface area contributed by atoms with Crippen molar-refractivity contribution in [1.29, 1.82) is 0 Å². The molecule has 0 radical (unpaired) electrons. The van der Waals surface area contributed by atoms with Crippen molar-refractivity contribution in [1.82, 2.24) is 5.32 Å². The molecule has 86 valence electrons. The van der Waals surface area contributed by atoms with Gasteiger partial charge in [-0.05, 0) is 42.0 Å². The lowest BCUT2D eigenvalue weighted by Crippen LogP contribution is -2.42. The fourth-order valence-electron chi connectivity index (χ4n) is 2.82.